The first-order chi connectivity index (χ1) is 6.16. The molecule has 1 aromatic rings. The molecule has 0 aliphatic carbocycles. The first-order valence-corrected chi connectivity index (χ1v) is 5.31. The molecule has 0 aliphatic heterocycles. The van der Waals surface area contributed by atoms with Crippen LogP contribution in [0.15, 0.2) is 18.2 Å². The lowest BCUT2D eigenvalue weighted by Gasteiger charge is -2.14. The van der Waals surface area contributed by atoms with Gasteiger partial charge >= 0.3 is 0 Å². The molecule has 1 aromatic carbocycles. The van der Waals surface area contributed by atoms with Gasteiger partial charge in [-0.15, -0.1) is 0 Å². The molecule has 13 heavy (non-hydrogen) atoms. The third-order valence-corrected chi connectivity index (χ3v) is 2.99. The van der Waals surface area contributed by atoms with Crippen LogP contribution in [0.1, 0.15) is 11.6 Å². The van der Waals surface area contributed by atoms with E-state index in [4.69, 9.17) is 22.1 Å². The van der Waals surface area contributed by atoms with Crippen LogP contribution in [0.4, 0.5) is 0 Å². The van der Waals surface area contributed by atoms with Gasteiger partial charge in [-0.1, -0.05) is 17.7 Å². The normalized spacial score (nSPS) is 12.9. The van der Waals surface area contributed by atoms with Gasteiger partial charge in [0.05, 0.1) is 12.6 Å². The zero-order chi connectivity index (χ0) is 9.84. The average Bonchev–Trinajstić information content (AvgIpc) is 2.04. The summed E-state index contributed by atoms with van der Waals surface area (Å²) in [5.41, 5.74) is 6.86. The maximum absolute atomic E-state index is 6.02. The van der Waals surface area contributed by atoms with Gasteiger partial charge in [0, 0.05) is 21.3 Å². The van der Waals surface area contributed by atoms with Crippen molar-refractivity contribution in [1.82, 2.24) is 0 Å². The third-order valence-electron chi connectivity index (χ3n) is 1.72. The zero-order valence-corrected chi connectivity index (χ0v) is 10.2. The molecule has 0 saturated heterocycles. The summed E-state index contributed by atoms with van der Waals surface area (Å²) in [5.74, 6) is 0. The van der Waals surface area contributed by atoms with Gasteiger partial charge in [-0.3, -0.25) is 0 Å². The van der Waals surface area contributed by atoms with Crippen LogP contribution < -0.4 is 5.73 Å². The Morgan fingerprint density at radius 1 is 1.62 bits per heavy atom. The van der Waals surface area contributed by atoms with E-state index in [1.807, 2.05) is 18.2 Å². The van der Waals surface area contributed by atoms with Crippen molar-refractivity contribution in [2.24, 2.45) is 5.73 Å². The molecule has 1 rings (SSSR count). The van der Waals surface area contributed by atoms with Gasteiger partial charge < -0.3 is 10.5 Å². The highest BCUT2D eigenvalue weighted by molar-refractivity contribution is 14.1. The monoisotopic (exact) mass is 311 g/mol. The second-order valence-corrected chi connectivity index (χ2v) is 4.27. The van der Waals surface area contributed by atoms with Crippen LogP contribution in [0.5, 0.6) is 0 Å². The van der Waals surface area contributed by atoms with Crippen LogP contribution in [0.2, 0.25) is 5.02 Å². The molecular formula is C9H11ClINO. The van der Waals surface area contributed by atoms with E-state index in [-0.39, 0.29) is 6.04 Å². The molecule has 0 amide bonds. The van der Waals surface area contributed by atoms with Crippen molar-refractivity contribution in [2.45, 2.75) is 6.04 Å². The van der Waals surface area contributed by atoms with E-state index in [1.54, 1.807) is 7.11 Å². The fraction of sp³-hybridized carbons (Fsp3) is 0.333. The predicted molar refractivity (Wildman–Crippen MR) is 63.0 cm³/mol. The number of benzene rings is 1. The first kappa shape index (κ1) is 11.2. The van der Waals surface area contributed by atoms with Crippen molar-refractivity contribution >= 4 is 34.2 Å². The Hall–Kier alpha value is 0.160. The van der Waals surface area contributed by atoms with Crippen LogP contribution in [0, 0.1) is 3.57 Å². The Labute approximate surface area is 96.5 Å². The Morgan fingerprint density at radius 3 is 2.85 bits per heavy atom. The summed E-state index contributed by atoms with van der Waals surface area (Å²) in [6, 6.07) is 5.59. The van der Waals surface area contributed by atoms with Gasteiger partial charge in [0.15, 0.2) is 0 Å². The molecule has 2 N–H and O–H groups in total. The average molecular weight is 312 g/mol. The van der Waals surface area contributed by atoms with E-state index in [9.17, 15) is 0 Å². The Morgan fingerprint density at radius 2 is 2.31 bits per heavy atom. The fourth-order valence-corrected chi connectivity index (χ4v) is 2.50. The lowest BCUT2D eigenvalue weighted by atomic mass is 10.1. The largest absolute Gasteiger partial charge is 0.383 e. The summed E-state index contributed by atoms with van der Waals surface area (Å²) in [4.78, 5) is 0. The highest BCUT2D eigenvalue weighted by Gasteiger charge is 2.12. The van der Waals surface area contributed by atoms with Gasteiger partial charge in [0.1, 0.15) is 0 Å². The van der Waals surface area contributed by atoms with E-state index >= 15 is 0 Å². The van der Waals surface area contributed by atoms with E-state index in [1.165, 1.54) is 0 Å². The second kappa shape index (κ2) is 5.14. The molecule has 0 fully saturated rings. The molecule has 4 heteroatoms. The SMILES string of the molecule is COCC(N)c1c(Cl)cccc1I. The number of methoxy groups -OCH3 is 1. The molecule has 0 heterocycles. The molecule has 0 aromatic heterocycles. The Kier molecular flexibility index (Phi) is 4.45. The topological polar surface area (TPSA) is 35.2 Å². The summed E-state index contributed by atoms with van der Waals surface area (Å²) in [6.45, 7) is 0.486. The summed E-state index contributed by atoms with van der Waals surface area (Å²) in [6.07, 6.45) is 0. The number of hydrogen-bond donors (Lipinski definition) is 1. The van der Waals surface area contributed by atoms with Crippen LogP contribution in [0.25, 0.3) is 0 Å². The van der Waals surface area contributed by atoms with E-state index in [2.05, 4.69) is 22.6 Å². The minimum atomic E-state index is -0.148. The van der Waals surface area contributed by atoms with E-state index in [0.717, 1.165) is 9.13 Å². The van der Waals surface area contributed by atoms with Gasteiger partial charge in [-0.25, -0.2) is 0 Å². The lowest BCUT2D eigenvalue weighted by molar-refractivity contribution is 0.180. The van der Waals surface area contributed by atoms with E-state index < -0.39 is 0 Å². The third kappa shape index (κ3) is 2.80. The van der Waals surface area contributed by atoms with Crippen LogP contribution >= 0.6 is 34.2 Å². The smallest absolute Gasteiger partial charge is 0.0656 e. The zero-order valence-electron chi connectivity index (χ0n) is 7.26. The lowest BCUT2D eigenvalue weighted by Crippen LogP contribution is -2.17. The number of rotatable bonds is 3. The molecule has 0 spiro atoms. The minimum Gasteiger partial charge on any atom is -0.383 e. The van der Waals surface area contributed by atoms with Gasteiger partial charge in [-0.2, -0.15) is 0 Å². The molecular weight excluding hydrogens is 300 g/mol. The molecule has 0 aliphatic rings. The van der Waals surface area contributed by atoms with Gasteiger partial charge in [-0.05, 0) is 34.7 Å². The van der Waals surface area contributed by atoms with Crippen molar-refractivity contribution in [3.8, 4) is 0 Å². The molecule has 0 radical (unpaired) electrons. The standard InChI is InChI=1S/C9H11ClINO/c1-13-5-8(12)9-6(10)3-2-4-7(9)11/h2-4,8H,5,12H2,1H3. The van der Waals surface area contributed by atoms with Crippen molar-refractivity contribution in [3.63, 3.8) is 0 Å². The van der Waals surface area contributed by atoms with Crippen molar-refractivity contribution in [3.05, 3.63) is 32.4 Å². The quantitative estimate of drug-likeness (QED) is 0.871. The van der Waals surface area contributed by atoms with Crippen molar-refractivity contribution < 1.29 is 4.74 Å². The fourth-order valence-electron chi connectivity index (χ4n) is 1.13. The summed E-state index contributed by atoms with van der Waals surface area (Å²) in [7, 11) is 1.63. The van der Waals surface area contributed by atoms with Crippen LogP contribution in [0.3, 0.4) is 0 Å². The molecule has 1 atom stereocenters. The Bertz CT molecular complexity index is 273. The minimum absolute atomic E-state index is 0.148. The molecule has 1 unspecified atom stereocenters. The van der Waals surface area contributed by atoms with Crippen molar-refractivity contribution in [2.75, 3.05) is 13.7 Å². The number of ether oxygens (including phenoxy) is 1. The molecule has 0 saturated carbocycles. The number of hydrogen-bond acceptors (Lipinski definition) is 2. The maximum atomic E-state index is 6.02. The second-order valence-electron chi connectivity index (χ2n) is 2.70. The Balaban J connectivity index is 2.98. The van der Waals surface area contributed by atoms with Crippen molar-refractivity contribution in [1.29, 1.82) is 0 Å². The highest BCUT2D eigenvalue weighted by Crippen LogP contribution is 2.26. The molecule has 72 valence electrons. The summed E-state index contributed by atoms with van der Waals surface area (Å²) < 4.78 is 6.06. The summed E-state index contributed by atoms with van der Waals surface area (Å²) in [5, 5.41) is 0.705. The first-order valence-electron chi connectivity index (χ1n) is 3.85. The predicted octanol–water partition coefficient (Wildman–Crippen LogP) is 2.59. The van der Waals surface area contributed by atoms with Crippen LogP contribution in [-0.4, -0.2) is 13.7 Å². The van der Waals surface area contributed by atoms with Gasteiger partial charge in [0.25, 0.3) is 0 Å². The van der Waals surface area contributed by atoms with E-state index in [0.29, 0.717) is 11.6 Å². The molecule has 2 nitrogen and oxygen atoms in total. The van der Waals surface area contributed by atoms with Crippen LogP contribution in [-0.2, 0) is 4.74 Å². The van der Waals surface area contributed by atoms with Gasteiger partial charge in [0.2, 0.25) is 0 Å². The maximum Gasteiger partial charge on any atom is 0.0656 e. The number of halogens is 2. The number of nitrogens with two attached hydrogens (primary N) is 1. The highest BCUT2D eigenvalue weighted by atomic mass is 127. The molecule has 0 bridgehead atoms. The summed E-state index contributed by atoms with van der Waals surface area (Å²) >= 11 is 8.24.